The van der Waals surface area contributed by atoms with Gasteiger partial charge in [-0.05, 0) is 25.7 Å². The summed E-state index contributed by atoms with van der Waals surface area (Å²) in [5.74, 6) is 0. The van der Waals surface area contributed by atoms with Crippen molar-refractivity contribution in [3.05, 3.63) is 12.2 Å². The molecule has 1 aliphatic heterocycles. The Morgan fingerprint density at radius 3 is 2.50 bits per heavy atom. The van der Waals surface area contributed by atoms with E-state index in [2.05, 4.69) is 19.1 Å². The fourth-order valence-corrected chi connectivity index (χ4v) is 2.19. The third-order valence-electron chi connectivity index (χ3n) is 3.49. The van der Waals surface area contributed by atoms with Gasteiger partial charge in [-0.2, -0.15) is 0 Å². The van der Waals surface area contributed by atoms with Gasteiger partial charge in [0, 0.05) is 6.42 Å². The van der Waals surface area contributed by atoms with Gasteiger partial charge in [0.15, 0.2) is 0 Å². The Kier molecular flexibility index (Phi) is 9.23. The summed E-state index contributed by atoms with van der Waals surface area (Å²) in [6.45, 7) is 3.11. The molecular formula is C16H30O2. The van der Waals surface area contributed by atoms with Crippen molar-refractivity contribution in [1.82, 2.24) is 0 Å². The van der Waals surface area contributed by atoms with Crippen LogP contribution in [-0.2, 0) is 4.74 Å². The standard InChI is InChI=1S/C16H30O2/c1-2-3-4-5-6-7-8-9-10-11-12-15(17)13-16-14-18-16/h9-10,15-17H,2-8,11-14H2,1H3/b10-9-. The van der Waals surface area contributed by atoms with E-state index in [1.165, 1.54) is 44.9 Å². The molecule has 0 aromatic heterocycles. The zero-order valence-corrected chi connectivity index (χ0v) is 11.9. The van der Waals surface area contributed by atoms with Crippen molar-refractivity contribution in [3.63, 3.8) is 0 Å². The summed E-state index contributed by atoms with van der Waals surface area (Å²) in [5.41, 5.74) is 0. The number of epoxide rings is 1. The number of hydrogen-bond donors (Lipinski definition) is 1. The molecule has 0 amide bonds. The summed E-state index contributed by atoms with van der Waals surface area (Å²) in [4.78, 5) is 0. The van der Waals surface area contributed by atoms with Gasteiger partial charge < -0.3 is 9.84 Å². The number of ether oxygens (including phenoxy) is 1. The minimum Gasteiger partial charge on any atom is -0.393 e. The first kappa shape index (κ1) is 15.7. The van der Waals surface area contributed by atoms with Crippen LogP contribution in [0.4, 0.5) is 0 Å². The average molecular weight is 254 g/mol. The van der Waals surface area contributed by atoms with Crippen LogP contribution in [-0.4, -0.2) is 23.9 Å². The van der Waals surface area contributed by atoms with Crippen LogP contribution < -0.4 is 0 Å². The Hall–Kier alpha value is -0.340. The van der Waals surface area contributed by atoms with Crippen molar-refractivity contribution in [1.29, 1.82) is 0 Å². The predicted molar refractivity (Wildman–Crippen MR) is 76.7 cm³/mol. The van der Waals surface area contributed by atoms with E-state index in [0.717, 1.165) is 25.9 Å². The Labute approximate surface area is 112 Å². The molecule has 2 heteroatoms. The van der Waals surface area contributed by atoms with Crippen molar-refractivity contribution in [2.45, 2.75) is 83.3 Å². The smallest absolute Gasteiger partial charge is 0.0834 e. The maximum absolute atomic E-state index is 9.67. The van der Waals surface area contributed by atoms with Gasteiger partial charge in [0.2, 0.25) is 0 Å². The van der Waals surface area contributed by atoms with Crippen LogP contribution in [0.2, 0.25) is 0 Å². The van der Waals surface area contributed by atoms with Gasteiger partial charge in [-0.3, -0.25) is 0 Å². The number of unbranched alkanes of at least 4 members (excludes halogenated alkanes) is 6. The monoisotopic (exact) mass is 254 g/mol. The average Bonchev–Trinajstić information content (AvgIpc) is 3.15. The van der Waals surface area contributed by atoms with Crippen LogP contribution in [0.5, 0.6) is 0 Å². The molecule has 0 aliphatic carbocycles. The molecule has 1 aliphatic rings. The largest absolute Gasteiger partial charge is 0.393 e. The molecule has 1 heterocycles. The molecule has 1 N–H and O–H groups in total. The van der Waals surface area contributed by atoms with Gasteiger partial charge in [-0.25, -0.2) is 0 Å². The van der Waals surface area contributed by atoms with Crippen LogP contribution in [0, 0.1) is 0 Å². The van der Waals surface area contributed by atoms with E-state index in [1.807, 2.05) is 0 Å². The Morgan fingerprint density at radius 2 is 1.78 bits per heavy atom. The quantitative estimate of drug-likeness (QED) is 0.321. The second-order valence-electron chi connectivity index (χ2n) is 5.45. The van der Waals surface area contributed by atoms with Gasteiger partial charge >= 0.3 is 0 Å². The van der Waals surface area contributed by atoms with Crippen molar-refractivity contribution in [3.8, 4) is 0 Å². The fourth-order valence-electron chi connectivity index (χ4n) is 2.19. The fraction of sp³-hybridized carbons (Fsp3) is 0.875. The lowest BCUT2D eigenvalue weighted by Gasteiger charge is -2.05. The first-order chi connectivity index (χ1) is 8.83. The lowest BCUT2D eigenvalue weighted by molar-refractivity contribution is 0.143. The highest BCUT2D eigenvalue weighted by molar-refractivity contribution is 4.83. The molecule has 18 heavy (non-hydrogen) atoms. The Balaban J connectivity index is 1.78. The number of aliphatic hydroxyl groups is 1. The number of hydrogen-bond acceptors (Lipinski definition) is 2. The van der Waals surface area contributed by atoms with E-state index in [0.29, 0.717) is 6.10 Å². The van der Waals surface area contributed by atoms with Crippen molar-refractivity contribution in [2.75, 3.05) is 6.61 Å². The number of aliphatic hydroxyl groups excluding tert-OH is 1. The molecule has 1 saturated heterocycles. The molecule has 2 atom stereocenters. The minimum absolute atomic E-state index is 0.170. The Morgan fingerprint density at radius 1 is 1.11 bits per heavy atom. The SMILES string of the molecule is CCCCCCCC/C=C\CCC(O)CC1CO1. The molecule has 106 valence electrons. The first-order valence-corrected chi connectivity index (χ1v) is 7.77. The van der Waals surface area contributed by atoms with E-state index < -0.39 is 0 Å². The molecule has 1 rings (SSSR count). The molecule has 0 radical (unpaired) electrons. The molecule has 0 aromatic rings. The molecule has 1 fully saturated rings. The van der Waals surface area contributed by atoms with Crippen LogP contribution in [0.1, 0.15) is 71.1 Å². The predicted octanol–water partition coefficient (Wildman–Crippen LogP) is 4.22. The zero-order valence-electron chi connectivity index (χ0n) is 11.9. The molecule has 2 nitrogen and oxygen atoms in total. The summed E-state index contributed by atoms with van der Waals surface area (Å²) in [7, 11) is 0. The van der Waals surface area contributed by atoms with Crippen LogP contribution in [0.3, 0.4) is 0 Å². The summed E-state index contributed by atoms with van der Waals surface area (Å²) in [6, 6.07) is 0. The maximum atomic E-state index is 9.67. The molecule has 2 unspecified atom stereocenters. The molecule has 0 aromatic carbocycles. The third kappa shape index (κ3) is 9.67. The highest BCUT2D eigenvalue weighted by Gasteiger charge is 2.25. The summed E-state index contributed by atoms with van der Waals surface area (Å²) < 4.78 is 5.10. The van der Waals surface area contributed by atoms with Crippen LogP contribution >= 0.6 is 0 Å². The summed E-state index contributed by atoms with van der Waals surface area (Å²) in [6.07, 6.45) is 16.8. The Bertz CT molecular complexity index is 209. The summed E-state index contributed by atoms with van der Waals surface area (Å²) in [5, 5.41) is 9.67. The molecular weight excluding hydrogens is 224 g/mol. The summed E-state index contributed by atoms with van der Waals surface area (Å²) >= 11 is 0. The van der Waals surface area contributed by atoms with E-state index in [-0.39, 0.29) is 6.10 Å². The van der Waals surface area contributed by atoms with E-state index in [1.54, 1.807) is 0 Å². The highest BCUT2D eigenvalue weighted by Crippen LogP contribution is 2.18. The molecule has 0 saturated carbocycles. The highest BCUT2D eigenvalue weighted by atomic mass is 16.6. The number of allylic oxidation sites excluding steroid dienone is 2. The van der Waals surface area contributed by atoms with Crippen molar-refractivity contribution in [2.24, 2.45) is 0 Å². The van der Waals surface area contributed by atoms with Gasteiger partial charge in [0.25, 0.3) is 0 Å². The topological polar surface area (TPSA) is 32.8 Å². The lowest BCUT2D eigenvalue weighted by atomic mass is 10.1. The molecule has 0 bridgehead atoms. The van der Waals surface area contributed by atoms with Gasteiger partial charge in [-0.1, -0.05) is 51.2 Å². The van der Waals surface area contributed by atoms with E-state index in [4.69, 9.17) is 4.74 Å². The van der Waals surface area contributed by atoms with Crippen molar-refractivity contribution < 1.29 is 9.84 Å². The second kappa shape index (κ2) is 10.6. The lowest BCUT2D eigenvalue weighted by Crippen LogP contribution is -2.08. The minimum atomic E-state index is -0.170. The third-order valence-corrected chi connectivity index (χ3v) is 3.49. The number of rotatable bonds is 12. The maximum Gasteiger partial charge on any atom is 0.0834 e. The van der Waals surface area contributed by atoms with Gasteiger partial charge in [-0.15, -0.1) is 0 Å². The van der Waals surface area contributed by atoms with E-state index >= 15 is 0 Å². The second-order valence-corrected chi connectivity index (χ2v) is 5.45. The van der Waals surface area contributed by atoms with Gasteiger partial charge in [0.1, 0.15) is 0 Å². The first-order valence-electron chi connectivity index (χ1n) is 7.77. The normalized spacial score (nSPS) is 20.4. The van der Waals surface area contributed by atoms with E-state index in [9.17, 15) is 5.11 Å². The van der Waals surface area contributed by atoms with Crippen LogP contribution in [0.25, 0.3) is 0 Å². The van der Waals surface area contributed by atoms with Crippen LogP contribution in [0.15, 0.2) is 12.2 Å². The zero-order chi connectivity index (χ0) is 13.1. The molecule has 0 spiro atoms. The van der Waals surface area contributed by atoms with Gasteiger partial charge in [0.05, 0.1) is 18.8 Å². The van der Waals surface area contributed by atoms with Crippen molar-refractivity contribution >= 4 is 0 Å².